The Morgan fingerprint density at radius 1 is 1.20 bits per heavy atom. The standard InChI is InChI=1S/C18H25NO/c1-13-6-9-17(10-13)19-18(20)12-14-7-8-15-4-2-3-5-16(15)11-14/h7-8,11,13,17H,2-6,9-10,12H2,1H3,(H,19,20). The van der Waals surface area contributed by atoms with Crippen molar-refractivity contribution in [2.24, 2.45) is 5.92 Å². The van der Waals surface area contributed by atoms with Crippen LogP contribution in [0, 0.1) is 5.92 Å². The van der Waals surface area contributed by atoms with Gasteiger partial charge in [-0.25, -0.2) is 0 Å². The number of nitrogens with one attached hydrogen (secondary N) is 1. The van der Waals surface area contributed by atoms with Crippen molar-refractivity contribution >= 4 is 5.91 Å². The van der Waals surface area contributed by atoms with Gasteiger partial charge in [-0.05, 0) is 67.6 Å². The number of rotatable bonds is 3. The zero-order valence-corrected chi connectivity index (χ0v) is 12.5. The predicted octanol–water partition coefficient (Wildman–Crippen LogP) is 3.41. The fourth-order valence-corrected chi connectivity index (χ4v) is 3.70. The van der Waals surface area contributed by atoms with Crippen molar-refractivity contribution in [2.75, 3.05) is 0 Å². The average Bonchev–Trinajstić information content (AvgIpc) is 2.83. The molecule has 0 heterocycles. The molecule has 2 nitrogen and oxygen atoms in total. The molecule has 1 saturated carbocycles. The van der Waals surface area contributed by atoms with Crippen LogP contribution in [0.3, 0.4) is 0 Å². The molecule has 2 atom stereocenters. The molecule has 2 aliphatic carbocycles. The number of aryl methyl sites for hydroxylation is 2. The van der Waals surface area contributed by atoms with Gasteiger partial charge in [0.25, 0.3) is 0 Å². The highest BCUT2D eigenvalue weighted by Gasteiger charge is 2.22. The summed E-state index contributed by atoms with van der Waals surface area (Å²) in [6, 6.07) is 7.04. The molecule has 1 aromatic rings. The first-order chi connectivity index (χ1) is 9.70. The lowest BCUT2D eigenvalue weighted by Gasteiger charge is -2.17. The van der Waals surface area contributed by atoms with Gasteiger partial charge in [-0.1, -0.05) is 25.1 Å². The van der Waals surface area contributed by atoms with Crippen LogP contribution in [0.5, 0.6) is 0 Å². The van der Waals surface area contributed by atoms with Gasteiger partial charge in [0.1, 0.15) is 0 Å². The van der Waals surface area contributed by atoms with E-state index in [4.69, 9.17) is 0 Å². The molecule has 2 aliphatic rings. The van der Waals surface area contributed by atoms with Crippen LogP contribution in [-0.4, -0.2) is 11.9 Å². The number of fused-ring (bicyclic) bond motifs is 1. The number of hydrogen-bond acceptors (Lipinski definition) is 1. The third-order valence-electron chi connectivity index (χ3n) is 4.84. The van der Waals surface area contributed by atoms with E-state index < -0.39 is 0 Å². The number of hydrogen-bond donors (Lipinski definition) is 1. The van der Waals surface area contributed by atoms with Crippen molar-refractivity contribution in [2.45, 2.75) is 64.3 Å². The van der Waals surface area contributed by atoms with Crippen LogP contribution in [0.4, 0.5) is 0 Å². The van der Waals surface area contributed by atoms with Crippen molar-refractivity contribution in [3.05, 3.63) is 34.9 Å². The Labute approximate surface area is 122 Å². The van der Waals surface area contributed by atoms with E-state index in [1.807, 2.05) is 0 Å². The van der Waals surface area contributed by atoms with Crippen molar-refractivity contribution in [1.82, 2.24) is 5.32 Å². The highest BCUT2D eigenvalue weighted by molar-refractivity contribution is 5.79. The maximum atomic E-state index is 12.1. The van der Waals surface area contributed by atoms with Crippen LogP contribution in [0.1, 0.15) is 55.7 Å². The minimum absolute atomic E-state index is 0.194. The van der Waals surface area contributed by atoms with Crippen LogP contribution in [0.25, 0.3) is 0 Å². The molecular formula is C18H25NO. The Bertz CT molecular complexity index is 494. The molecule has 0 aliphatic heterocycles. The van der Waals surface area contributed by atoms with Crippen molar-refractivity contribution in [1.29, 1.82) is 0 Å². The minimum Gasteiger partial charge on any atom is -0.353 e. The number of carbonyl (C=O) groups excluding carboxylic acids is 1. The summed E-state index contributed by atoms with van der Waals surface area (Å²) in [5.41, 5.74) is 4.13. The van der Waals surface area contributed by atoms with Crippen molar-refractivity contribution < 1.29 is 4.79 Å². The lowest BCUT2D eigenvalue weighted by molar-refractivity contribution is -0.121. The summed E-state index contributed by atoms with van der Waals surface area (Å²) >= 11 is 0. The van der Waals surface area contributed by atoms with E-state index in [2.05, 4.69) is 30.4 Å². The van der Waals surface area contributed by atoms with E-state index >= 15 is 0 Å². The second kappa shape index (κ2) is 5.99. The molecule has 0 radical (unpaired) electrons. The van der Waals surface area contributed by atoms with Gasteiger partial charge >= 0.3 is 0 Å². The van der Waals surface area contributed by atoms with E-state index in [1.54, 1.807) is 0 Å². The zero-order chi connectivity index (χ0) is 13.9. The molecule has 3 rings (SSSR count). The number of benzene rings is 1. The monoisotopic (exact) mass is 271 g/mol. The molecule has 108 valence electrons. The molecular weight excluding hydrogens is 246 g/mol. The highest BCUT2D eigenvalue weighted by Crippen LogP contribution is 2.25. The Hall–Kier alpha value is -1.31. The first-order valence-corrected chi connectivity index (χ1v) is 8.11. The Kier molecular flexibility index (Phi) is 4.09. The maximum Gasteiger partial charge on any atom is 0.224 e. The predicted molar refractivity (Wildman–Crippen MR) is 81.7 cm³/mol. The quantitative estimate of drug-likeness (QED) is 0.897. The van der Waals surface area contributed by atoms with Gasteiger partial charge in [-0.2, -0.15) is 0 Å². The molecule has 20 heavy (non-hydrogen) atoms. The Morgan fingerprint density at radius 3 is 2.75 bits per heavy atom. The maximum absolute atomic E-state index is 12.1. The summed E-state index contributed by atoms with van der Waals surface area (Å²) in [5, 5.41) is 3.20. The van der Waals surface area contributed by atoms with Crippen LogP contribution < -0.4 is 5.32 Å². The van der Waals surface area contributed by atoms with E-state index in [-0.39, 0.29) is 5.91 Å². The Morgan fingerprint density at radius 2 is 2.00 bits per heavy atom. The minimum atomic E-state index is 0.194. The molecule has 2 heteroatoms. The van der Waals surface area contributed by atoms with Gasteiger partial charge in [-0.3, -0.25) is 4.79 Å². The fraction of sp³-hybridized carbons (Fsp3) is 0.611. The molecule has 1 amide bonds. The third kappa shape index (κ3) is 3.23. The summed E-state index contributed by atoms with van der Waals surface area (Å²) < 4.78 is 0. The van der Waals surface area contributed by atoms with Crippen LogP contribution >= 0.6 is 0 Å². The molecule has 0 bridgehead atoms. The van der Waals surface area contributed by atoms with E-state index in [0.717, 1.165) is 18.8 Å². The zero-order valence-electron chi connectivity index (χ0n) is 12.5. The summed E-state index contributed by atoms with van der Waals surface area (Å²) in [6.07, 6.45) is 9.09. The van der Waals surface area contributed by atoms with Crippen molar-refractivity contribution in [3.63, 3.8) is 0 Å². The van der Waals surface area contributed by atoms with E-state index in [1.165, 1.54) is 48.8 Å². The van der Waals surface area contributed by atoms with Gasteiger partial charge in [0, 0.05) is 6.04 Å². The third-order valence-corrected chi connectivity index (χ3v) is 4.84. The largest absolute Gasteiger partial charge is 0.353 e. The van der Waals surface area contributed by atoms with Gasteiger partial charge < -0.3 is 5.32 Å². The topological polar surface area (TPSA) is 29.1 Å². The smallest absolute Gasteiger partial charge is 0.224 e. The fourth-order valence-electron chi connectivity index (χ4n) is 3.70. The number of carbonyl (C=O) groups is 1. The van der Waals surface area contributed by atoms with Gasteiger partial charge in [-0.15, -0.1) is 0 Å². The van der Waals surface area contributed by atoms with Crippen LogP contribution in [-0.2, 0) is 24.1 Å². The summed E-state index contributed by atoms with van der Waals surface area (Å²) in [5.74, 6) is 0.962. The molecule has 1 N–H and O–H groups in total. The van der Waals surface area contributed by atoms with Crippen LogP contribution in [0.2, 0.25) is 0 Å². The summed E-state index contributed by atoms with van der Waals surface area (Å²) in [7, 11) is 0. The summed E-state index contributed by atoms with van der Waals surface area (Å²) in [4.78, 5) is 12.1. The molecule has 0 saturated heterocycles. The Balaban J connectivity index is 1.58. The highest BCUT2D eigenvalue weighted by atomic mass is 16.1. The lowest BCUT2D eigenvalue weighted by Crippen LogP contribution is -2.34. The van der Waals surface area contributed by atoms with Gasteiger partial charge in [0.2, 0.25) is 5.91 Å². The second-order valence-electron chi connectivity index (χ2n) is 6.67. The lowest BCUT2D eigenvalue weighted by atomic mass is 9.90. The SMILES string of the molecule is CC1CCC(NC(=O)Cc2ccc3c(c2)CCCC3)C1. The normalized spacial score (nSPS) is 25.2. The number of amides is 1. The van der Waals surface area contributed by atoms with Crippen molar-refractivity contribution in [3.8, 4) is 0 Å². The second-order valence-corrected chi connectivity index (χ2v) is 6.67. The summed E-state index contributed by atoms with van der Waals surface area (Å²) in [6.45, 7) is 2.27. The first kappa shape index (κ1) is 13.7. The molecule has 0 aromatic heterocycles. The molecule has 2 unspecified atom stereocenters. The molecule has 1 aromatic carbocycles. The average molecular weight is 271 g/mol. The van der Waals surface area contributed by atoms with E-state index in [9.17, 15) is 4.79 Å². The molecule has 1 fully saturated rings. The first-order valence-electron chi connectivity index (χ1n) is 8.11. The van der Waals surface area contributed by atoms with Gasteiger partial charge in [0.15, 0.2) is 0 Å². The molecule has 0 spiro atoms. The van der Waals surface area contributed by atoms with Gasteiger partial charge in [0.05, 0.1) is 6.42 Å². The van der Waals surface area contributed by atoms with E-state index in [0.29, 0.717) is 12.5 Å². The van der Waals surface area contributed by atoms with Crippen LogP contribution in [0.15, 0.2) is 18.2 Å².